The van der Waals surface area contributed by atoms with Crippen LogP contribution in [-0.2, 0) is 29.1 Å². The van der Waals surface area contributed by atoms with E-state index in [0.29, 0.717) is 26.1 Å². The summed E-state index contributed by atoms with van der Waals surface area (Å²) in [5.41, 5.74) is -1.65. The van der Waals surface area contributed by atoms with Gasteiger partial charge in [0, 0.05) is 11.8 Å². The number of alkyl halides is 6. The van der Waals surface area contributed by atoms with Gasteiger partial charge in [0.25, 0.3) is 0 Å². The average Bonchev–Trinajstić information content (AvgIpc) is 3.06. The van der Waals surface area contributed by atoms with Gasteiger partial charge in [0.2, 0.25) is 0 Å². The van der Waals surface area contributed by atoms with E-state index in [4.69, 9.17) is 18.8 Å². The molecule has 0 radical (unpaired) electrons. The Morgan fingerprint density at radius 2 is 1.47 bits per heavy atom. The highest BCUT2D eigenvalue weighted by atomic mass is 32.2. The summed E-state index contributed by atoms with van der Waals surface area (Å²) >= 11 is 0. The predicted molar refractivity (Wildman–Crippen MR) is 83.4 cm³/mol. The lowest BCUT2D eigenvalue weighted by Gasteiger charge is -2.62. The predicted octanol–water partition coefficient (Wildman–Crippen LogP) is 2.60. The molecule has 30 heavy (non-hydrogen) atoms. The van der Waals surface area contributed by atoms with E-state index in [0.717, 1.165) is 0 Å². The standard InChI is InChI=1S/C16H18F6O7S/c17-14(30(24,25)26,15(18,19)16(20,21)22)11(23)29-12-5-8-3-9(6-12)13(10(4-8)7-12)27-1-2-28-13/h8-10H,1-7H2,(H,24,25,26). The molecule has 14 heteroatoms. The van der Waals surface area contributed by atoms with Gasteiger partial charge in [-0.25, -0.2) is 9.18 Å². The summed E-state index contributed by atoms with van der Waals surface area (Å²) in [6, 6.07) is 0. The molecule has 0 aromatic rings. The summed E-state index contributed by atoms with van der Waals surface area (Å²) in [5.74, 6) is -11.6. The minimum absolute atomic E-state index is 0.0426. The smallest absolute Gasteiger partial charge is 0.456 e. The molecule has 4 bridgehead atoms. The Morgan fingerprint density at radius 3 is 1.90 bits per heavy atom. The molecule has 7 nitrogen and oxygen atoms in total. The zero-order chi connectivity index (χ0) is 22.4. The molecule has 5 aliphatic rings. The van der Waals surface area contributed by atoms with Crippen LogP contribution < -0.4 is 0 Å². The zero-order valence-corrected chi connectivity index (χ0v) is 16.1. The van der Waals surface area contributed by atoms with Gasteiger partial charge in [-0.2, -0.15) is 30.4 Å². The fourth-order valence-electron chi connectivity index (χ4n) is 5.74. The van der Waals surface area contributed by atoms with Gasteiger partial charge in [-0.1, -0.05) is 0 Å². The van der Waals surface area contributed by atoms with Crippen LogP contribution in [-0.4, -0.2) is 60.6 Å². The third-order valence-corrected chi connectivity index (χ3v) is 7.83. The number of esters is 1. The first-order valence-electron chi connectivity index (χ1n) is 9.20. The van der Waals surface area contributed by atoms with Crippen molar-refractivity contribution in [1.82, 2.24) is 0 Å². The molecule has 0 aromatic carbocycles. The SMILES string of the molecule is O=C(OC12CC3CC(C1)C1(OCCO1)C(C3)C2)C(F)(C(F)(F)C(F)(F)F)S(=O)(=O)O. The van der Waals surface area contributed by atoms with Crippen LogP contribution in [0.4, 0.5) is 26.3 Å². The Kier molecular flexibility index (Phi) is 4.58. The Labute approximate surface area is 166 Å². The first-order valence-corrected chi connectivity index (χ1v) is 10.6. The van der Waals surface area contributed by atoms with Gasteiger partial charge in [-0.05, 0) is 38.0 Å². The van der Waals surface area contributed by atoms with E-state index in [9.17, 15) is 39.6 Å². The quantitative estimate of drug-likeness (QED) is 0.385. The largest absolute Gasteiger partial charge is 0.458 e. The van der Waals surface area contributed by atoms with Crippen LogP contribution in [0.2, 0.25) is 0 Å². The molecular formula is C16H18F6O7S. The highest BCUT2D eigenvalue weighted by molar-refractivity contribution is 7.88. The molecule has 5 rings (SSSR count). The highest BCUT2D eigenvalue weighted by Gasteiger charge is 2.82. The number of rotatable bonds is 4. The summed E-state index contributed by atoms with van der Waals surface area (Å²) in [6.45, 7) is 0.608. The fourth-order valence-corrected chi connectivity index (χ4v) is 6.43. The number of halogens is 6. The normalized spacial score (nSPS) is 37.4. The minimum atomic E-state index is -6.87. The van der Waals surface area contributed by atoms with Gasteiger partial charge in [-0.15, -0.1) is 0 Å². The van der Waals surface area contributed by atoms with Crippen molar-refractivity contribution in [1.29, 1.82) is 0 Å². The number of carbonyl (C=O) groups is 1. The van der Waals surface area contributed by atoms with Gasteiger partial charge in [0.1, 0.15) is 5.60 Å². The van der Waals surface area contributed by atoms with Gasteiger partial charge in [-0.3, -0.25) is 4.55 Å². The van der Waals surface area contributed by atoms with E-state index >= 15 is 0 Å². The molecule has 1 heterocycles. The van der Waals surface area contributed by atoms with Crippen LogP contribution >= 0.6 is 0 Å². The zero-order valence-electron chi connectivity index (χ0n) is 15.3. The first kappa shape index (κ1) is 22.1. The van der Waals surface area contributed by atoms with E-state index in [2.05, 4.69) is 0 Å². The molecule has 172 valence electrons. The van der Waals surface area contributed by atoms with Crippen molar-refractivity contribution in [3.05, 3.63) is 0 Å². The number of hydrogen-bond acceptors (Lipinski definition) is 6. The summed E-state index contributed by atoms with van der Waals surface area (Å²) in [7, 11) is -6.87. The van der Waals surface area contributed by atoms with E-state index in [1.165, 1.54) is 0 Å². The molecule has 0 aromatic heterocycles. The maximum absolute atomic E-state index is 14.7. The first-order chi connectivity index (χ1) is 13.6. The van der Waals surface area contributed by atoms with Crippen LogP contribution in [0.3, 0.4) is 0 Å². The van der Waals surface area contributed by atoms with Crippen molar-refractivity contribution in [2.45, 2.75) is 60.6 Å². The van der Waals surface area contributed by atoms with Gasteiger partial charge >= 0.3 is 33.2 Å². The van der Waals surface area contributed by atoms with Crippen LogP contribution in [0.25, 0.3) is 0 Å². The third-order valence-electron chi connectivity index (χ3n) is 6.70. The molecule has 0 amide bonds. The second kappa shape index (κ2) is 6.23. The molecule has 4 saturated carbocycles. The van der Waals surface area contributed by atoms with E-state index in [-0.39, 0.29) is 37.0 Å². The maximum Gasteiger partial charge on any atom is 0.458 e. The Hall–Kier alpha value is -1.12. The van der Waals surface area contributed by atoms with Crippen LogP contribution in [0, 0.1) is 17.8 Å². The Bertz CT molecular complexity index is 835. The van der Waals surface area contributed by atoms with Crippen molar-refractivity contribution in [2.24, 2.45) is 17.8 Å². The number of hydrogen-bond donors (Lipinski definition) is 1. The molecule has 5 fully saturated rings. The summed E-state index contributed by atoms with van der Waals surface area (Å²) in [4.78, 5) is 12.2. The molecule has 1 aliphatic heterocycles. The Morgan fingerprint density at radius 1 is 0.967 bits per heavy atom. The lowest BCUT2D eigenvalue weighted by molar-refractivity contribution is -0.326. The summed E-state index contributed by atoms with van der Waals surface area (Å²) in [5, 5.41) is -6.04. The molecule has 4 aliphatic carbocycles. The summed E-state index contributed by atoms with van der Waals surface area (Å²) in [6.07, 6.45) is -5.77. The number of ether oxygens (including phenoxy) is 3. The van der Waals surface area contributed by atoms with Gasteiger partial charge in [0.05, 0.1) is 13.2 Å². The minimum Gasteiger partial charge on any atom is -0.456 e. The van der Waals surface area contributed by atoms with E-state index in [1.54, 1.807) is 0 Å². The lowest BCUT2D eigenvalue weighted by atomic mass is 9.51. The average molecular weight is 468 g/mol. The monoisotopic (exact) mass is 468 g/mol. The molecule has 3 atom stereocenters. The van der Waals surface area contributed by atoms with Crippen molar-refractivity contribution < 1.29 is 58.3 Å². The van der Waals surface area contributed by atoms with Crippen LogP contribution in [0.1, 0.15) is 32.1 Å². The van der Waals surface area contributed by atoms with Gasteiger partial charge in [0.15, 0.2) is 5.79 Å². The molecular weight excluding hydrogens is 450 g/mol. The molecule has 1 N–H and O–H groups in total. The maximum atomic E-state index is 14.7. The molecule has 3 unspecified atom stereocenters. The summed E-state index contributed by atoms with van der Waals surface area (Å²) < 4.78 is 128. The molecule has 1 saturated heterocycles. The molecule has 1 spiro atoms. The topological polar surface area (TPSA) is 99.1 Å². The van der Waals surface area contributed by atoms with Gasteiger partial charge < -0.3 is 14.2 Å². The third kappa shape index (κ3) is 2.75. The van der Waals surface area contributed by atoms with E-state index in [1.807, 2.05) is 0 Å². The highest BCUT2D eigenvalue weighted by Crippen LogP contribution is 2.64. The fraction of sp³-hybridized carbons (Fsp3) is 0.938. The van der Waals surface area contributed by atoms with Crippen molar-refractivity contribution in [2.75, 3.05) is 13.2 Å². The van der Waals surface area contributed by atoms with Crippen molar-refractivity contribution >= 4 is 16.1 Å². The van der Waals surface area contributed by atoms with Crippen molar-refractivity contribution in [3.8, 4) is 0 Å². The van der Waals surface area contributed by atoms with E-state index < -0.39 is 44.6 Å². The lowest BCUT2D eigenvalue weighted by Crippen LogP contribution is -2.68. The van der Waals surface area contributed by atoms with Crippen molar-refractivity contribution in [3.63, 3.8) is 0 Å². The van der Waals surface area contributed by atoms with Crippen LogP contribution in [0.5, 0.6) is 0 Å². The second-order valence-corrected chi connectivity index (χ2v) is 9.99. The second-order valence-electron chi connectivity index (χ2n) is 8.48. The Balaban J connectivity index is 1.66. The van der Waals surface area contributed by atoms with Crippen LogP contribution in [0.15, 0.2) is 0 Å². The number of carbonyl (C=O) groups excluding carboxylic acids is 1.